The summed E-state index contributed by atoms with van der Waals surface area (Å²) >= 11 is 6.22. The Morgan fingerprint density at radius 2 is 2.17 bits per heavy atom. The first-order chi connectivity index (χ1) is 8.43. The average Bonchev–Trinajstić information content (AvgIpc) is 2.65. The summed E-state index contributed by atoms with van der Waals surface area (Å²) in [6, 6.07) is 6.61. The van der Waals surface area contributed by atoms with Crippen LogP contribution in [0.3, 0.4) is 0 Å². The number of hydrogen-bond donors (Lipinski definition) is 1. The van der Waals surface area contributed by atoms with Gasteiger partial charge < -0.3 is 5.73 Å². The van der Waals surface area contributed by atoms with Gasteiger partial charge in [-0.25, -0.2) is 0 Å². The molecule has 2 N–H and O–H groups in total. The number of nitrogens with two attached hydrogens (primary N) is 1. The van der Waals surface area contributed by atoms with Crippen molar-refractivity contribution < 1.29 is 0 Å². The highest BCUT2D eigenvalue weighted by Gasteiger charge is 2.33. The molecule has 0 spiro atoms. The first-order valence-corrected chi connectivity index (χ1v) is 7.01. The Morgan fingerprint density at radius 3 is 2.67 bits per heavy atom. The van der Waals surface area contributed by atoms with Crippen LogP contribution in [-0.4, -0.2) is 24.5 Å². The van der Waals surface area contributed by atoms with Gasteiger partial charge in [0.15, 0.2) is 0 Å². The smallest absolute Gasteiger partial charge is 0.0471 e. The Kier molecular flexibility index (Phi) is 4.00. The Morgan fingerprint density at radius 1 is 1.44 bits per heavy atom. The fourth-order valence-corrected chi connectivity index (χ4v) is 2.92. The summed E-state index contributed by atoms with van der Waals surface area (Å²) in [7, 11) is 0. The van der Waals surface area contributed by atoms with Gasteiger partial charge in [0.2, 0.25) is 0 Å². The van der Waals surface area contributed by atoms with E-state index < -0.39 is 0 Å². The summed E-state index contributed by atoms with van der Waals surface area (Å²) < 4.78 is 0. The number of halogens is 1. The van der Waals surface area contributed by atoms with Gasteiger partial charge in [0, 0.05) is 24.2 Å². The lowest BCUT2D eigenvalue weighted by Crippen LogP contribution is -2.33. The number of aryl methyl sites for hydroxylation is 1. The van der Waals surface area contributed by atoms with Gasteiger partial charge >= 0.3 is 0 Å². The highest BCUT2D eigenvalue weighted by Crippen LogP contribution is 2.35. The highest BCUT2D eigenvalue weighted by atomic mass is 35.5. The van der Waals surface area contributed by atoms with Gasteiger partial charge in [0.25, 0.3) is 0 Å². The second kappa shape index (κ2) is 5.20. The molecule has 1 aromatic carbocycles. The van der Waals surface area contributed by atoms with Crippen LogP contribution in [0.1, 0.15) is 37.4 Å². The third-order valence-corrected chi connectivity index (χ3v) is 4.36. The number of likely N-dealkylation sites (tertiary alicyclic amines) is 1. The molecule has 1 fully saturated rings. The molecule has 1 unspecified atom stereocenters. The second-order valence-corrected chi connectivity index (χ2v) is 6.55. The van der Waals surface area contributed by atoms with Crippen LogP contribution in [0.5, 0.6) is 0 Å². The lowest BCUT2D eigenvalue weighted by atomic mass is 9.93. The fraction of sp³-hybridized carbons (Fsp3) is 0.600. The monoisotopic (exact) mass is 266 g/mol. The van der Waals surface area contributed by atoms with Crippen molar-refractivity contribution in [2.75, 3.05) is 19.6 Å². The van der Waals surface area contributed by atoms with Gasteiger partial charge in [-0.1, -0.05) is 37.6 Å². The topological polar surface area (TPSA) is 29.3 Å². The van der Waals surface area contributed by atoms with Crippen LogP contribution >= 0.6 is 11.6 Å². The first-order valence-electron chi connectivity index (χ1n) is 6.63. The second-order valence-electron chi connectivity index (χ2n) is 6.14. The molecule has 2 rings (SSSR count). The summed E-state index contributed by atoms with van der Waals surface area (Å²) in [5.41, 5.74) is 8.75. The van der Waals surface area contributed by atoms with Crippen molar-refractivity contribution in [3.63, 3.8) is 0 Å². The van der Waals surface area contributed by atoms with Gasteiger partial charge in [0.1, 0.15) is 0 Å². The Balaban J connectivity index is 2.21. The van der Waals surface area contributed by atoms with E-state index in [1.54, 1.807) is 0 Å². The molecule has 0 amide bonds. The molecule has 0 bridgehead atoms. The normalized spacial score (nSPS) is 21.2. The molecule has 2 nitrogen and oxygen atoms in total. The molecule has 0 radical (unpaired) electrons. The maximum absolute atomic E-state index is 6.22. The van der Waals surface area contributed by atoms with Crippen LogP contribution in [0, 0.1) is 12.3 Å². The van der Waals surface area contributed by atoms with Gasteiger partial charge in [-0.3, -0.25) is 4.90 Å². The summed E-state index contributed by atoms with van der Waals surface area (Å²) in [6.07, 6.45) is 1.24. The first kappa shape index (κ1) is 13.9. The number of rotatable bonds is 3. The zero-order valence-corrected chi connectivity index (χ0v) is 12.3. The molecule has 0 aliphatic carbocycles. The summed E-state index contributed by atoms with van der Waals surface area (Å²) in [6.45, 7) is 9.56. The largest absolute Gasteiger partial charge is 0.329 e. The molecule has 1 aliphatic heterocycles. The third-order valence-electron chi connectivity index (χ3n) is 3.95. The van der Waals surface area contributed by atoms with E-state index in [9.17, 15) is 0 Å². The average molecular weight is 267 g/mol. The molecule has 1 aliphatic rings. The standard InChI is InChI=1S/C15H23ClN2/c1-11-4-5-12(8-13(11)16)14(9-17)18-7-6-15(2,3)10-18/h4-5,8,14H,6-7,9-10,17H2,1-3H3. The van der Waals surface area contributed by atoms with E-state index in [0.717, 1.165) is 23.7 Å². The van der Waals surface area contributed by atoms with Gasteiger partial charge in [-0.05, 0) is 42.5 Å². The van der Waals surface area contributed by atoms with Crippen LogP contribution < -0.4 is 5.73 Å². The van der Waals surface area contributed by atoms with Crippen molar-refractivity contribution in [2.24, 2.45) is 11.1 Å². The molecule has 1 heterocycles. The van der Waals surface area contributed by atoms with Crippen molar-refractivity contribution in [1.29, 1.82) is 0 Å². The minimum absolute atomic E-state index is 0.296. The molecule has 1 saturated heterocycles. The lowest BCUT2D eigenvalue weighted by molar-refractivity contribution is 0.223. The SMILES string of the molecule is Cc1ccc(C(CN)N2CCC(C)(C)C2)cc1Cl. The Labute approximate surface area is 115 Å². The van der Waals surface area contributed by atoms with Crippen molar-refractivity contribution >= 4 is 11.6 Å². The van der Waals surface area contributed by atoms with Crippen molar-refractivity contribution in [3.8, 4) is 0 Å². The van der Waals surface area contributed by atoms with Crippen LogP contribution in [0.25, 0.3) is 0 Å². The number of hydrogen-bond acceptors (Lipinski definition) is 2. The van der Waals surface area contributed by atoms with Crippen LogP contribution in [-0.2, 0) is 0 Å². The quantitative estimate of drug-likeness (QED) is 0.909. The van der Waals surface area contributed by atoms with Crippen molar-refractivity contribution in [1.82, 2.24) is 4.90 Å². The summed E-state index contributed by atoms with van der Waals surface area (Å²) in [4.78, 5) is 2.49. The van der Waals surface area contributed by atoms with Gasteiger partial charge in [-0.2, -0.15) is 0 Å². The maximum Gasteiger partial charge on any atom is 0.0471 e. The Hall–Kier alpha value is -0.570. The van der Waals surface area contributed by atoms with E-state index in [2.05, 4.69) is 36.9 Å². The lowest BCUT2D eigenvalue weighted by Gasteiger charge is -2.28. The van der Waals surface area contributed by atoms with Gasteiger partial charge in [-0.15, -0.1) is 0 Å². The molecule has 1 atom stereocenters. The summed E-state index contributed by atoms with van der Waals surface area (Å²) in [5, 5.41) is 0.837. The fourth-order valence-electron chi connectivity index (χ4n) is 2.73. The third kappa shape index (κ3) is 2.87. The molecular weight excluding hydrogens is 244 g/mol. The summed E-state index contributed by atoms with van der Waals surface area (Å²) in [5.74, 6) is 0. The Bertz CT molecular complexity index is 429. The van der Waals surface area contributed by atoms with E-state index in [-0.39, 0.29) is 0 Å². The molecule has 100 valence electrons. The van der Waals surface area contributed by atoms with Crippen LogP contribution in [0.2, 0.25) is 5.02 Å². The van der Waals surface area contributed by atoms with E-state index in [4.69, 9.17) is 17.3 Å². The number of nitrogens with zero attached hydrogens (tertiary/aromatic N) is 1. The van der Waals surface area contributed by atoms with Gasteiger partial charge in [0.05, 0.1) is 0 Å². The van der Waals surface area contributed by atoms with E-state index in [1.807, 2.05) is 6.92 Å². The van der Waals surface area contributed by atoms with E-state index in [1.165, 1.54) is 12.0 Å². The molecular formula is C15H23ClN2. The maximum atomic E-state index is 6.22. The van der Waals surface area contributed by atoms with Crippen LogP contribution in [0.15, 0.2) is 18.2 Å². The molecule has 0 aromatic heterocycles. The minimum atomic E-state index is 0.296. The predicted molar refractivity (Wildman–Crippen MR) is 78.0 cm³/mol. The molecule has 1 aromatic rings. The molecule has 3 heteroatoms. The number of benzene rings is 1. The van der Waals surface area contributed by atoms with Crippen molar-refractivity contribution in [3.05, 3.63) is 34.3 Å². The predicted octanol–water partition coefficient (Wildman–Crippen LogP) is 3.38. The van der Waals surface area contributed by atoms with E-state index in [0.29, 0.717) is 18.0 Å². The zero-order chi connectivity index (χ0) is 13.3. The van der Waals surface area contributed by atoms with Crippen LogP contribution in [0.4, 0.5) is 0 Å². The molecule has 0 saturated carbocycles. The minimum Gasteiger partial charge on any atom is -0.329 e. The molecule has 18 heavy (non-hydrogen) atoms. The highest BCUT2D eigenvalue weighted by molar-refractivity contribution is 6.31. The zero-order valence-electron chi connectivity index (χ0n) is 11.5. The van der Waals surface area contributed by atoms with E-state index >= 15 is 0 Å². The van der Waals surface area contributed by atoms with Crippen molar-refractivity contribution in [2.45, 2.75) is 33.2 Å².